The molecule has 0 amide bonds. The van der Waals surface area contributed by atoms with E-state index in [-0.39, 0.29) is 0 Å². The summed E-state index contributed by atoms with van der Waals surface area (Å²) in [6.45, 7) is 2.13. The van der Waals surface area contributed by atoms with Crippen LogP contribution in [0.25, 0.3) is 33.5 Å². The molecule has 1 heteroatoms. The van der Waals surface area contributed by atoms with E-state index in [4.69, 9.17) is 1.37 Å². The summed E-state index contributed by atoms with van der Waals surface area (Å²) in [7, 11) is 0. The van der Waals surface area contributed by atoms with E-state index >= 15 is 0 Å². The molecule has 5 rings (SSSR count). The molecule has 1 aliphatic carbocycles. The molecular weight excluding hydrogens is 374 g/mol. The number of aryl methyl sites for hydroxylation is 1. The second kappa shape index (κ2) is 8.89. The second-order valence-electron chi connectivity index (χ2n) is 8.56. The lowest BCUT2D eigenvalue weighted by atomic mass is 9.83. The SMILES string of the molecule is [2H]C1(c2ccc(-c3ccc(-c4ccnc(-c5ccccc5C)c4)cc3)cc2)CCCCC1. The van der Waals surface area contributed by atoms with Gasteiger partial charge in [-0.2, -0.15) is 0 Å². The summed E-state index contributed by atoms with van der Waals surface area (Å²) >= 11 is 0. The van der Waals surface area contributed by atoms with Gasteiger partial charge in [-0.3, -0.25) is 4.98 Å². The van der Waals surface area contributed by atoms with Crippen molar-refractivity contribution < 1.29 is 1.37 Å². The maximum atomic E-state index is 8.85. The fourth-order valence-corrected chi connectivity index (χ4v) is 4.64. The fourth-order valence-electron chi connectivity index (χ4n) is 4.64. The zero-order chi connectivity index (χ0) is 22.0. The number of aromatic nitrogens is 1. The Bertz CT molecular complexity index is 1200. The molecule has 154 valence electrons. The molecule has 0 unspecified atom stereocenters. The highest BCUT2D eigenvalue weighted by Crippen LogP contribution is 2.34. The van der Waals surface area contributed by atoms with E-state index < -0.39 is 5.89 Å². The van der Waals surface area contributed by atoms with Crippen molar-refractivity contribution in [2.24, 2.45) is 0 Å². The first kappa shape index (κ1) is 18.6. The van der Waals surface area contributed by atoms with Crippen LogP contribution < -0.4 is 0 Å². The van der Waals surface area contributed by atoms with Gasteiger partial charge in [-0.25, -0.2) is 0 Å². The Kier molecular flexibility index (Phi) is 5.33. The highest BCUT2D eigenvalue weighted by molar-refractivity contribution is 5.74. The van der Waals surface area contributed by atoms with Gasteiger partial charge in [0.15, 0.2) is 0 Å². The molecule has 0 saturated heterocycles. The van der Waals surface area contributed by atoms with E-state index in [0.29, 0.717) is 0 Å². The van der Waals surface area contributed by atoms with Crippen LogP contribution in [0, 0.1) is 6.92 Å². The number of hydrogen-bond donors (Lipinski definition) is 0. The first-order valence-electron chi connectivity index (χ1n) is 11.9. The van der Waals surface area contributed by atoms with Gasteiger partial charge in [0.2, 0.25) is 0 Å². The summed E-state index contributed by atoms with van der Waals surface area (Å²) < 4.78 is 8.85. The number of nitrogens with zero attached hydrogens (tertiary/aromatic N) is 1. The monoisotopic (exact) mass is 404 g/mol. The zero-order valence-corrected chi connectivity index (χ0v) is 18.1. The molecule has 1 aromatic heterocycles. The normalized spacial score (nSPS) is 16.0. The van der Waals surface area contributed by atoms with Crippen molar-refractivity contribution >= 4 is 0 Å². The molecule has 0 atom stereocenters. The summed E-state index contributed by atoms with van der Waals surface area (Å²) in [6.07, 6.45) is 7.48. The van der Waals surface area contributed by atoms with Gasteiger partial charge in [0.1, 0.15) is 0 Å². The number of rotatable bonds is 4. The van der Waals surface area contributed by atoms with Crippen molar-refractivity contribution in [2.45, 2.75) is 44.9 Å². The smallest absolute Gasteiger partial charge is 0.0710 e. The lowest BCUT2D eigenvalue weighted by molar-refractivity contribution is 0.443. The van der Waals surface area contributed by atoms with Crippen molar-refractivity contribution in [1.82, 2.24) is 4.98 Å². The van der Waals surface area contributed by atoms with Gasteiger partial charge >= 0.3 is 0 Å². The topological polar surface area (TPSA) is 12.9 Å². The van der Waals surface area contributed by atoms with Crippen molar-refractivity contribution in [3.63, 3.8) is 0 Å². The fraction of sp³-hybridized carbons (Fsp3) is 0.233. The van der Waals surface area contributed by atoms with Crippen LogP contribution in [0.3, 0.4) is 0 Å². The summed E-state index contributed by atoms with van der Waals surface area (Å²) in [6, 6.07) is 30.1. The molecule has 0 bridgehead atoms. The average Bonchev–Trinajstić information content (AvgIpc) is 2.85. The van der Waals surface area contributed by atoms with Gasteiger partial charge < -0.3 is 0 Å². The predicted octanol–water partition coefficient (Wildman–Crippen LogP) is 8.44. The van der Waals surface area contributed by atoms with Crippen LogP contribution in [0.15, 0.2) is 91.1 Å². The van der Waals surface area contributed by atoms with Gasteiger partial charge in [0, 0.05) is 13.1 Å². The Morgan fingerprint density at radius 1 is 0.710 bits per heavy atom. The van der Waals surface area contributed by atoms with Crippen LogP contribution >= 0.6 is 0 Å². The van der Waals surface area contributed by atoms with Gasteiger partial charge in [0.25, 0.3) is 0 Å². The number of pyridine rings is 1. The van der Waals surface area contributed by atoms with Crippen molar-refractivity contribution in [2.75, 3.05) is 0 Å². The maximum absolute atomic E-state index is 8.85. The molecular formula is C30H29N. The molecule has 1 fully saturated rings. The lowest BCUT2D eigenvalue weighted by Crippen LogP contribution is -2.04. The van der Waals surface area contributed by atoms with E-state index in [1.54, 1.807) is 0 Å². The van der Waals surface area contributed by atoms with Crippen LogP contribution in [-0.2, 0) is 0 Å². The first-order chi connectivity index (χ1) is 15.6. The van der Waals surface area contributed by atoms with Crippen molar-refractivity contribution in [3.8, 4) is 33.5 Å². The molecule has 0 aliphatic heterocycles. The molecule has 4 aromatic rings. The van der Waals surface area contributed by atoms with Crippen LogP contribution in [-0.4, -0.2) is 4.98 Å². The second-order valence-corrected chi connectivity index (χ2v) is 8.56. The van der Waals surface area contributed by atoms with E-state index in [0.717, 1.165) is 24.1 Å². The van der Waals surface area contributed by atoms with Gasteiger partial charge in [-0.1, -0.05) is 92.1 Å². The molecule has 1 saturated carbocycles. The van der Waals surface area contributed by atoms with Gasteiger partial charge in [0.05, 0.1) is 5.69 Å². The van der Waals surface area contributed by atoms with Gasteiger partial charge in [-0.05, 0) is 71.2 Å². The van der Waals surface area contributed by atoms with Gasteiger partial charge in [-0.15, -0.1) is 0 Å². The molecule has 3 aromatic carbocycles. The van der Waals surface area contributed by atoms with E-state index in [2.05, 4.69) is 96.8 Å². The largest absolute Gasteiger partial charge is 0.256 e. The summed E-state index contributed by atoms with van der Waals surface area (Å²) in [5.41, 5.74) is 9.36. The molecule has 0 spiro atoms. The Labute approximate surface area is 187 Å². The standard InChI is InChI=1S/C30H29N/c1-22-7-5-6-10-29(22)30-21-28(19-20-31-30)27-17-15-26(16-18-27)25-13-11-24(12-14-25)23-8-3-2-4-9-23/h5-7,10-21,23H,2-4,8-9H2,1H3/i23D. The molecule has 1 aliphatic rings. The van der Waals surface area contributed by atoms with E-state index in [9.17, 15) is 0 Å². The van der Waals surface area contributed by atoms with Crippen LogP contribution in [0.4, 0.5) is 0 Å². The third kappa shape index (κ3) is 4.32. The summed E-state index contributed by atoms with van der Waals surface area (Å²) in [5, 5.41) is 0. The molecule has 1 heterocycles. The minimum atomic E-state index is -0.392. The molecule has 0 N–H and O–H groups in total. The Hall–Kier alpha value is -3.19. The van der Waals surface area contributed by atoms with E-state index in [1.165, 1.54) is 52.6 Å². The number of benzene rings is 3. The highest BCUT2D eigenvalue weighted by Gasteiger charge is 2.15. The van der Waals surface area contributed by atoms with Crippen LogP contribution in [0.1, 0.15) is 50.5 Å². The predicted molar refractivity (Wildman–Crippen MR) is 131 cm³/mol. The van der Waals surface area contributed by atoms with Crippen molar-refractivity contribution in [3.05, 3.63) is 102 Å². The number of hydrogen-bond acceptors (Lipinski definition) is 1. The average molecular weight is 405 g/mol. The molecule has 31 heavy (non-hydrogen) atoms. The van der Waals surface area contributed by atoms with Crippen LogP contribution in [0.2, 0.25) is 0 Å². The minimum absolute atomic E-state index is 0.392. The first-order valence-corrected chi connectivity index (χ1v) is 11.4. The summed E-state index contributed by atoms with van der Waals surface area (Å²) in [4.78, 5) is 4.60. The quantitative estimate of drug-likeness (QED) is 0.332. The minimum Gasteiger partial charge on any atom is -0.256 e. The highest BCUT2D eigenvalue weighted by atomic mass is 14.7. The Morgan fingerprint density at radius 2 is 1.32 bits per heavy atom. The van der Waals surface area contributed by atoms with Crippen LogP contribution in [0.5, 0.6) is 0 Å². The zero-order valence-electron chi connectivity index (χ0n) is 19.1. The molecule has 1 nitrogen and oxygen atoms in total. The third-order valence-electron chi connectivity index (χ3n) is 6.48. The molecule has 0 radical (unpaired) electrons. The lowest BCUT2D eigenvalue weighted by Gasteiger charge is -2.22. The van der Waals surface area contributed by atoms with E-state index in [1.807, 2.05) is 6.20 Å². The Morgan fingerprint density at radius 3 is 2.00 bits per heavy atom. The Balaban J connectivity index is 1.38. The third-order valence-corrected chi connectivity index (χ3v) is 6.48. The summed E-state index contributed by atoms with van der Waals surface area (Å²) in [5.74, 6) is -0.392. The van der Waals surface area contributed by atoms with Crippen molar-refractivity contribution in [1.29, 1.82) is 0 Å². The maximum Gasteiger partial charge on any atom is 0.0710 e.